The van der Waals surface area contributed by atoms with Crippen LogP contribution in [-0.2, 0) is 9.59 Å². The van der Waals surface area contributed by atoms with Crippen LogP contribution in [0, 0.1) is 5.92 Å². The highest BCUT2D eigenvalue weighted by molar-refractivity contribution is 7.80. The maximum Gasteiger partial charge on any atom is 0.243 e. The van der Waals surface area contributed by atoms with Crippen LogP contribution in [0.4, 0.5) is 0 Å². The zero-order chi connectivity index (χ0) is 14.3. The van der Waals surface area contributed by atoms with Crippen LogP contribution in [0.2, 0.25) is 0 Å². The molecule has 2 atom stereocenters. The first-order valence-electron chi connectivity index (χ1n) is 6.11. The number of rotatable bonds is 7. The second kappa shape index (κ2) is 8.37. The molecule has 0 rings (SSSR count). The van der Waals surface area contributed by atoms with Crippen LogP contribution in [0.5, 0.6) is 0 Å². The number of carbonyl (C=O) groups is 2. The van der Waals surface area contributed by atoms with Crippen LogP contribution < -0.4 is 10.6 Å². The molecule has 0 aliphatic rings. The predicted molar refractivity (Wildman–Crippen MR) is 76.8 cm³/mol. The Bertz CT molecular complexity index is 282. The number of amides is 2. The minimum Gasteiger partial charge on any atom is -0.350 e. The Morgan fingerprint density at radius 1 is 1.22 bits per heavy atom. The minimum atomic E-state index is -0.575. The third-order valence-corrected chi connectivity index (χ3v) is 2.94. The van der Waals surface area contributed by atoms with Gasteiger partial charge in [-0.05, 0) is 20.0 Å². The van der Waals surface area contributed by atoms with E-state index in [4.69, 9.17) is 0 Å². The summed E-state index contributed by atoms with van der Waals surface area (Å²) in [5, 5.41) is 5.55. The molecule has 0 aromatic carbocycles. The fourth-order valence-electron chi connectivity index (χ4n) is 1.54. The van der Waals surface area contributed by atoms with E-state index in [1.54, 1.807) is 0 Å². The molecule has 0 aromatic rings. The van der Waals surface area contributed by atoms with Gasteiger partial charge < -0.3 is 15.5 Å². The van der Waals surface area contributed by atoms with E-state index < -0.39 is 6.04 Å². The molecule has 18 heavy (non-hydrogen) atoms. The number of nitrogens with one attached hydrogen (secondary N) is 2. The molecule has 2 N–H and O–H groups in total. The van der Waals surface area contributed by atoms with Crippen molar-refractivity contribution in [3.63, 3.8) is 0 Å². The number of carbonyl (C=O) groups excluding carboxylic acids is 2. The van der Waals surface area contributed by atoms with Crippen molar-refractivity contribution in [2.24, 2.45) is 5.92 Å². The summed E-state index contributed by atoms with van der Waals surface area (Å²) in [6.45, 7) is 6.28. The van der Waals surface area contributed by atoms with Crippen LogP contribution in [0.3, 0.4) is 0 Å². The van der Waals surface area contributed by atoms with E-state index in [9.17, 15) is 9.59 Å². The smallest absolute Gasteiger partial charge is 0.243 e. The second-order valence-corrected chi connectivity index (χ2v) is 5.42. The third kappa shape index (κ3) is 6.86. The summed E-state index contributed by atoms with van der Waals surface area (Å²) in [6, 6.07) is -0.516. The highest BCUT2D eigenvalue weighted by Gasteiger charge is 2.23. The van der Waals surface area contributed by atoms with E-state index in [1.807, 2.05) is 19.0 Å². The fraction of sp³-hybridized carbons (Fsp3) is 0.833. The largest absolute Gasteiger partial charge is 0.350 e. The van der Waals surface area contributed by atoms with E-state index in [0.29, 0.717) is 5.92 Å². The molecule has 0 aliphatic carbocycles. The van der Waals surface area contributed by atoms with Crippen LogP contribution >= 0.6 is 12.6 Å². The van der Waals surface area contributed by atoms with Crippen molar-refractivity contribution >= 4 is 24.4 Å². The van der Waals surface area contributed by atoms with Gasteiger partial charge in [0.1, 0.15) is 6.04 Å². The van der Waals surface area contributed by atoms with Crippen LogP contribution in [0.25, 0.3) is 0 Å². The molecule has 0 heterocycles. The summed E-state index contributed by atoms with van der Waals surface area (Å²) in [6.07, 6.45) is 0. The van der Waals surface area contributed by atoms with Crippen LogP contribution in [0.1, 0.15) is 20.8 Å². The predicted octanol–water partition coefficient (Wildman–Crippen LogP) is 0.123. The second-order valence-electron chi connectivity index (χ2n) is 5.06. The Labute approximate surface area is 115 Å². The molecular formula is C12H25N3O2S. The summed E-state index contributed by atoms with van der Waals surface area (Å²) < 4.78 is 0. The zero-order valence-corrected chi connectivity index (χ0v) is 12.8. The Hall–Kier alpha value is -0.750. The van der Waals surface area contributed by atoms with Crippen LogP contribution in [0.15, 0.2) is 0 Å². The Morgan fingerprint density at radius 2 is 1.78 bits per heavy atom. The third-order valence-electron chi connectivity index (χ3n) is 2.57. The van der Waals surface area contributed by atoms with E-state index >= 15 is 0 Å². The number of thiol groups is 1. The molecule has 2 amide bonds. The highest BCUT2D eigenvalue weighted by Crippen LogP contribution is 2.03. The number of hydrogen-bond donors (Lipinski definition) is 3. The summed E-state index contributed by atoms with van der Waals surface area (Å²) in [5.41, 5.74) is 0. The lowest BCUT2D eigenvalue weighted by Crippen LogP contribution is -2.53. The number of nitrogens with zero attached hydrogens (tertiary/aromatic N) is 1. The minimum absolute atomic E-state index is 0.0589. The van der Waals surface area contributed by atoms with Gasteiger partial charge in [0, 0.05) is 25.3 Å². The van der Waals surface area contributed by atoms with Gasteiger partial charge in [-0.1, -0.05) is 13.8 Å². The lowest BCUT2D eigenvalue weighted by molar-refractivity contribution is -0.128. The molecular weight excluding hydrogens is 250 g/mol. The lowest BCUT2D eigenvalue weighted by Gasteiger charge is -2.27. The Morgan fingerprint density at radius 3 is 2.11 bits per heavy atom. The molecule has 0 saturated carbocycles. The quantitative estimate of drug-likeness (QED) is 0.579. The van der Waals surface area contributed by atoms with Gasteiger partial charge in [-0.2, -0.15) is 12.6 Å². The van der Waals surface area contributed by atoms with Crippen molar-refractivity contribution in [1.29, 1.82) is 0 Å². The van der Waals surface area contributed by atoms with Crippen LogP contribution in [-0.4, -0.2) is 55.2 Å². The van der Waals surface area contributed by atoms with Gasteiger partial charge in [-0.3, -0.25) is 9.59 Å². The summed E-state index contributed by atoms with van der Waals surface area (Å²) in [4.78, 5) is 25.0. The molecule has 0 aromatic heterocycles. The van der Waals surface area contributed by atoms with E-state index in [2.05, 4.69) is 37.1 Å². The molecule has 0 aliphatic heterocycles. The maximum absolute atomic E-state index is 12.0. The average molecular weight is 275 g/mol. The van der Waals surface area contributed by atoms with Crippen molar-refractivity contribution in [1.82, 2.24) is 15.5 Å². The number of likely N-dealkylation sites (N-methyl/N-ethyl adjacent to an activating group) is 1. The summed E-state index contributed by atoms with van der Waals surface area (Å²) in [7, 11) is 3.93. The topological polar surface area (TPSA) is 61.4 Å². The van der Waals surface area contributed by atoms with Crippen molar-refractivity contribution in [3.05, 3.63) is 0 Å². The SMILES string of the molecule is CC(=O)NC(CS)C(=O)NC(CN(C)C)C(C)C. The van der Waals surface area contributed by atoms with Gasteiger partial charge in [0.2, 0.25) is 11.8 Å². The zero-order valence-electron chi connectivity index (χ0n) is 11.9. The van der Waals surface area contributed by atoms with Gasteiger partial charge in [0.05, 0.1) is 0 Å². The fourth-order valence-corrected chi connectivity index (χ4v) is 1.80. The number of hydrogen-bond acceptors (Lipinski definition) is 4. The molecule has 0 radical (unpaired) electrons. The van der Waals surface area contributed by atoms with Crippen molar-refractivity contribution in [3.8, 4) is 0 Å². The maximum atomic E-state index is 12.0. The first-order chi connectivity index (χ1) is 8.27. The van der Waals surface area contributed by atoms with Gasteiger partial charge in [0.15, 0.2) is 0 Å². The van der Waals surface area contributed by atoms with Crippen molar-refractivity contribution in [2.75, 3.05) is 26.4 Å². The molecule has 0 fully saturated rings. The van der Waals surface area contributed by atoms with Gasteiger partial charge in [-0.25, -0.2) is 0 Å². The highest BCUT2D eigenvalue weighted by atomic mass is 32.1. The monoisotopic (exact) mass is 275 g/mol. The Kier molecular flexibility index (Phi) is 8.02. The summed E-state index contributed by atoms with van der Waals surface area (Å²) >= 11 is 4.09. The van der Waals surface area contributed by atoms with E-state index in [-0.39, 0.29) is 23.6 Å². The van der Waals surface area contributed by atoms with Crippen molar-refractivity contribution < 1.29 is 9.59 Å². The molecule has 106 valence electrons. The van der Waals surface area contributed by atoms with Gasteiger partial charge in [0.25, 0.3) is 0 Å². The molecule has 2 unspecified atom stereocenters. The van der Waals surface area contributed by atoms with E-state index in [1.165, 1.54) is 6.92 Å². The van der Waals surface area contributed by atoms with Gasteiger partial charge in [-0.15, -0.1) is 0 Å². The van der Waals surface area contributed by atoms with E-state index in [0.717, 1.165) is 6.54 Å². The van der Waals surface area contributed by atoms with Gasteiger partial charge >= 0.3 is 0 Å². The molecule has 5 nitrogen and oxygen atoms in total. The molecule has 0 spiro atoms. The molecule has 0 saturated heterocycles. The Balaban J connectivity index is 4.51. The average Bonchev–Trinajstić information content (AvgIpc) is 2.23. The first kappa shape index (κ1) is 17.2. The lowest BCUT2D eigenvalue weighted by atomic mass is 10.0. The summed E-state index contributed by atoms with van der Waals surface area (Å²) in [5.74, 6) is 0.214. The first-order valence-corrected chi connectivity index (χ1v) is 6.74. The van der Waals surface area contributed by atoms with Crippen molar-refractivity contribution in [2.45, 2.75) is 32.9 Å². The normalized spacial score (nSPS) is 14.4. The standard InChI is InChI=1S/C12H25N3O2S/c1-8(2)10(6-15(4)5)14-12(17)11(7-18)13-9(3)16/h8,10-11,18H,6-7H2,1-5H3,(H,13,16)(H,14,17). The molecule has 6 heteroatoms. The molecule has 0 bridgehead atoms.